The van der Waals surface area contributed by atoms with Gasteiger partial charge in [-0.1, -0.05) is 59.2 Å². The lowest BCUT2D eigenvalue weighted by Crippen LogP contribution is -2.71. The molecule has 1 aromatic rings. The van der Waals surface area contributed by atoms with Gasteiger partial charge in [0.05, 0.1) is 6.04 Å². The number of carboxylic acid groups (broad SMARTS) is 1. The molecule has 44 heavy (non-hydrogen) atoms. The first-order valence-corrected chi connectivity index (χ1v) is 14.9. The summed E-state index contributed by atoms with van der Waals surface area (Å²) in [4.78, 5) is 67.1. The van der Waals surface area contributed by atoms with E-state index in [4.69, 9.17) is 21.1 Å². The molecule has 1 heterocycles. The molecule has 13 heteroatoms. The molecule has 246 valence electrons. The lowest BCUT2D eigenvalue weighted by Gasteiger charge is -2.51. The van der Waals surface area contributed by atoms with Gasteiger partial charge in [0.2, 0.25) is 5.91 Å². The van der Waals surface area contributed by atoms with E-state index < -0.39 is 64.6 Å². The quantitative estimate of drug-likeness (QED) is 0.367. The van der Waals surface area contributed by atoms with Crippen LogP contribution in [0.4, 0.5) is 9.59 Å². The van der Waals surface area contributed by atoms with Gasteiger partial charge in [-0.3, -0.25) is 14.4 Å². The van der Waals surface area contributed by atoms with Crippen LogP contribution in [0.1, 0.15) is 80.4 Å². The summed E-state index contributed by atoms with van der Waals surface area (Å²) in [5.41, 5.74) is -0.984. The van der Waals surface area contributed by atoms with Crippen molar-refractivity contribution in [3.63, 3.8) is 0 Å². The zero-order valence-corrected chi connectivity index (χ0v) is 28.1. The molecule has 0 radical (unpaired) electrons. The predicted octanol–water partition coefficient (Wildman–Crippen LogP) is 4.56. The fraction of sp³-hybridized carbons (Fsp3) is 0.645. The summed E-state index contributed by atoms with van der Waals surface area (Å²) in [7, 11) is 0. The minimum absolute atomic E-state index is 0.0279. The molecule has 0 spiro atoms. The van der Waals surface area contributed by atoms with Crippen molar-refractivity contribution in [3.8, 4) is 0 Å². The van der Waals surface area contributed by atoms with E-state index in [0.29, 0.717) is 16.1 Å². The minimum Gasteiger partial charge on any atom is -0.465 e. The molecule has 4 amide bonds. The Kier molecular flexibility index (Phi) is 11.7. The topological polar surface area (TPSA) is 155 Å². The van der Waals surface area contributed by atoms with Crippen LogP contribution in [0.2, 0.25) is 5.02 Å². The zero-order valence-electron chi connectivity index (χ0n) is 27.4. The van der Waals surface area contributed by atoms with Crippen molar-refractivity contribution in [1.82, 2.24) is 20.4 Å². The van der Waals surface area contributed by atoms with Gasteiger partial charge in [0.25, 0.3) is 5.91 Å². The molecular weight excluding hydrogens is 592 g/mol. The third-order valence-corrected chi connectivity index (χ3v) is 7.21. The lowest BCUT2D eigenvalue weighted by atomic mass is 9.78. The maximum atomic E-state index is 14.1. The molecule has 1 fully saturated rings. The maximum absolute atomic E-state index is 14.1. The monoisotopic (exact) mass is 638 g/mol. The van der Waals surface area contributed by atoms with Crippen LogP contribution in [-0.2, 0) is 36.9 Å². The second-order valence-corrected chi connectivity index (χ2v) is 14.5. The Morgan fingerprint density at radius 3 is 2.00 bits per heavy atom. The van der Waals surface area contributed by atoms with Crippen molar-refractivity contribution >= 4 is 41.6 Å². The number of rotatable bonds is 7. The van der Waals surface area contributed by atoms with Gasteiger partial charge in [-0.25, -0.2) is 9.59 Å². The number of esters is 1. The fourth-order valence-electron chi connectivity index (χ4n) is 5.14. The summed E-state index contributed by atoms with van der Waals surface area (Å²) in [6, 6.07) is 2.86. The third-order valence-electron chi connectivity index (χ3n) is 6.98. The highest BCUT2D eigenvalue weighted by Crippen LogP contribution is 2.35. The standard InChI is InChI=1S/C31H47ClN4O8/c1-18(37)43-24(30(5,6)7)26(39)35-13-14-36(28(41)42)23(29(2,3)4)22(35)25(38)33-17-20-15-21(32)12-11-19(20)16-34-27(40)44-31(8,9)10/h11-12,15,22-24H,13-14,16-17H2,1-10H3,(H,33,38)(H,34,40)(H,41,42)/t22?,23-,24+/m1/s1. The summed E-state index contributed by atoms with van der Waals surface area (Å²) >= 11 is 6.26. The number of piperazine rings is 1. The summed E-state index contributed by atoms with van der Waals surface area (Å²) in [5.74, 6) is -1.83. The zero-order chi connectivity index (χ0) is 33.8. The molecule has 3 atom stereocenters. The Labute approximate surface area is 264 Å². The molecule has 2 rings (SSSR count). The van der Waals surface area contributed by atoms with Crippen LogP contribution >= 0.6 is 11.6 Å². The van der Waals surface area contributed by atoms with Gasteiger partial charge >= 0.3 is 18.2 Å². The first kappa shape index (κ1) is 36.7. The molecule has 1 aliphatic heterocycles. The van der Waals surface area contributed by atoms with Crippen molar-refractivity contribution in [1.29, 1.82) is 0 Å². The average Bonchev–Trinajstić information content (AvgIpc) is 2.86. The van der Waals surface area contributed by atoms with E-state index in [1.54, 1.807) is 80.5 Å². The van der Waals surface area contributed by atoms with Gasteiger partial charge in [-0.2, -0.15) is 0 Å². The van der Waals surface area contributed by atoms with Crippen LogP contribution in [0.15, 0.2) is 18.2 Å². The SMILES string of the molecule is CC(=O)O[C@@H](C(=O)N1CCN(C(=O)O)[C@@H](C(C)(C)C)C1C(=O)NCc1cc(Cl)ccc1CNC(=O)OC(C)(C)C)C(C)(C)C. The van der Waals surface area contributed by atoms with Crippen LogP contribution in [0.3, 0.4) is 0 Å². The number of ether oxygens (including phenoxy) is 2. The van der Waals surface area contributed by atoms with E-state index in [0.717, 1.165) is 0 Å². The van der Waals surface area contributed by atoms with Crippen molar-refractivity contribution in [2.75, 3.05) is 13.1 Å². The molecule has 0 aliphatic carbocycles. The first-order valence-electron chi connectivity index (χ1n) is 14.5. The largest absolute Gasteiger partial charge is 0.465 e. The number of nitrogens with zero attached hydrogens (tertiary/aromatic N) is 2. The summed E-state index contributed by atoms with van der Waals surface area (Å²) < 4.78 is 10.7. The van der Waals surface area contributed by atoms with E-state index >= 15 is 0 Å². The van der Waals surface area contributed by atoms with Crippen LogP contribution in [-0.4, -0.2) is 81.8 Å². The molecule has 1 unspecified atom stereocenters. The lowest BCUT2D eigenvalue weighted by molar-refractivity contribution is -0.172. The van der Waals surface area contributed by atoms with E-state index in [2.05, 4.69) is 10.6 Å². The highest BCUT2D eigenvalue weighted by Gasteiger charge is 2.52. The molecule has 12 nitrogen and oxygen atoms in total. The van der Waals surface area contributed by atoms with Gasteiger partial charge in [0.15, 0.2) is 6.10 Å². The summed E-state index contributed by atoms with van der Waals surface area (Å²) in [6.07, 6.45) is -3.03. The predicted molar refractivity (Wildman–Crippen MR) is 165 cm³/mol. The van der Waals surface area contributed by atoms with Gasteiger partial charge in [-0.15, -0.1) is 0 Å². The van der Waals surface area contributed by atoms with Gasteiger partial charge < -0.3 is 35.0 Å². The Morgan fingerprint density at radius 1 is 0.932 bits per heavy atom. The van der Waals surface area contributed by atoms with Crippen LogP contribution in [0, 0.1) is 10.8 Å². The maximum Gasteiger partial charge on any atom is 0.407 e. The highest BCUT2D eigenvalue weighted by atomic mass is 35.5. The summed E-state index contributed by atoms with van der Waals surface area (Å²) in [5, 5.41) is 16.0. The molecular formula is C31H47ClN4O8. The second kappa shape index (κ2) is 14.0. The highest BCUT2D eigenvalue weighted by molar-refractivity contribution is 6.30. The molecule has 1 aliphatic rings. The van der Waals surface area contributed by atoms with E-state index in [1.807, 2.05) is 0 Å². The van der Waals surface area contributed by atoms with Crippen molar-refractivity contribution in [3.05, 3.63) is 34.3 Å². The number of carbonyl (C=O) groups is 5. The third kappa shape index (κ3) is 10.0. The number of hydrogen-bond acceptors (Lipinski definition) is 7. The van der Waals surface area contributed by atoms with E-state index in [9.17, 15) is 29.1 Å². The number of alkyl carbamates (subject to hydrolysis) is 1. The molecule has 0 bridgehead atoms. The number of benzene rings is 1. The van der Waals surface area contributed by atoms with Gasteiger partial charge in [-0.05, 0) is 49.4 Å². The first-order chi connectivity index (χ1) is 20.0. The number of hydrogen-bond donors (Lipinski definition) is 3. The molecule has 0 aromatic heterocycles. The molecule has 1 aromatic carbocycles. The number of amides is 4. The number of carbonyl (C=O) groups excluding carboxylic acids is 4. The molecule has 0 saturated carbocycles. The van der Waals surface area contributed by atoms with Crippen molar-refractivity contribution in [2.24, 2.45) is 10.8 Å². The Balaban J connectivity index is 2.46. The Hall–Kier alpha value is -3.54. The normalized spacial score (nSPS) is 18.2. The average molecular weight is 639 g/mol. The smallest absolute Gasteiger partial charge is 0.407 e. The number of nitrogens with one attached hydrogen (secondary N) is 2. The van der Waals surface area contributed by atoms with Crippen LogP contribution < -0.4 is 10.6 Å². The van der Waals surface area contributed by atoms with Crippen molar-refractivity contribution in [2.45, 2.75) is 106 Å². The van der Waals surface area contributed by atoms with Crippen molar-refractivity contribution < 1.29 is 38.6 Å². The number of halogens is 1. The minimum atomic E-state index is -1.24. The fourth-order valence-corrected chi connectivity index (χ4v) is 5.33. The summed E-state index contributed by atoms with van der Waals surface area (Å²) in [6.45, 7) is 17.0. The van der Waals surface area contributed by atoms with Gasteiger partial charge in [0, 0.05) is 43.5 Å². The van der Waals surface area contributed by atoms with E-state index in [-0.39, 0.29) is 26.2 Å². The van der Waals surface area contributed by atoms with Gasteiger partial charge in [0.1, 0.15) is 11.6 Å². The Bertz CT molecular complexity index is 1250. The second-order valence-electron chi connectivity index (χ2n) is 14.1. The molecule has 3 N–H and O–H groups in total. The van der Waals surface area contributed by atoms with Crippen LogP contribution in [0.5, 0.6) is 0 Å². The van der Waals surface area contributed by atoms with E-state index in [1.165, 1.54) is 16.7 Å². The Morgan fingerprint density at radius 2 is 1.50 bits per heavy atom. The van der Waals surface area contributed by atoms with Crippen LogP contribution in [0.25, 0.3) is 0 Å². The molecule has 1 saturated heterocycles.